The molecule has 1 fully saturated rings. The van der Waals surface area contributed by atoms with Gasteiger partial charge in [-0.25, -0.2) is 0 Å². The van der Waals surface area contributed by atoms with Crippen molar-refractivity contribution in [3.8, 4) is 0 Å². The summed E-state index contributed by atoms with van der Waals surface area (Å²) < 4.78 is 7.48. The SMILES string of the molecule is CNC(=O)c1ccn(C2CCCN(Cc3noc4c3CCCC4)C2)n1. The highest BCUT2D eigenvalue weighted by Crippen LogP contribution is 2.27. The molecule has 1 unspecified atom stereocenters. The molecular formula is C18H25N5O2. The summed E-state index contributed by atoms with van der Waals surface area (Å²) in [5.74, 6) is 0.956. The Hall–Kier alpha value is -2.15. The molecule has 1 saturated heterocycles. The summed E-state index contributed by atoms with van der Waals surface area (Å²) in [7, 11) is 1.63. The molecule has 134 valence electrons. The molecule has 4 rings (SSSR count). The third-order valence-electron chi connectivity index (χ3n) is 5.33. The summed E-state index contributed by atoms with van der Waals surface area (Å²) in [6, 6.07) is 2.08. The Bertz CT molecular complexity index is 750. The average Bonchev–Trinajstić information content (AvgIpc) is 3.29. The Labute approximate surface area is 147 Å². The van der Waals surface area contributed by atoms with Crippen LogP contribution >= 0.6 is 0 Å². The summed E-state index contributed by atoms with van der Waals surface area (Å²) in [6.07, 6.45) is 8.69. The van der Waals surface area contributed by atoms with Gasteiger partial charge in [0.25, 0.3) is 5.91 Å². The van der Waals surface area contributed by atoms with Crippen molar-refractivity contribution < 1.29 is 9.32 Å². The number of amides is 1. The van der Waals surface area contributed by atoms with E-state index in [1.165, 1.54) is 18.4 Å². The highest BCUT2D eigenvalue weighted by atomic mass is 16.5. The Balaban J connectivity index is 1.43. The van der Waals surface area contributed by atoms with Crippen LogP contribution in [0.1, 0.15) is 59.2 Å². The molecule has 2 aliphatic rings. The number of aryl methyl sites for hydroxylation is 1. The Morgan fingerprint density at radius 3 is 3.12 bits per heavy atom. The lowest BCUT2D eigenvalue weighted by atomic mass is 9.96. The minimum atomic E-state index is -0.138. The second kappa shape index (κ2) is 7.00. The van der Waals surface area contributed by atoms with Crippen molar-refractivity contribution >= 4 is 5.91 Å². The molecule has 2 aromatic rings. The fourth-order valence-electron chi connectivity index (χ4n) is 3.97. The molecule has 0 aromatic carbocycles. The molecule has 1 aliphatic carbocycles. The molecule has 0 radical (unpaired) electrons. The number of fused-ring (bicyclic) bond motifs is 1. The van der Waals surface area contributed by atoms with Crippen molar-refractivity contribution in [1.29, 1.82) is 0 Å². The van der Waals surface area contributed by atoms with Crippen LogP contribution in [0.25, 0.3) is 0 Å². The minimum absolute atomic E-state index is 0.138. The number of hydrogen-bond acceptors (Lipinski definition) is 5. The van der Waals surface area contributed by atoms with Crippen LogP contribution in [-0.2, 0) is 19.4 Å². The van der Waals surface area contributed by atoms with Gasteiger partial charge in [-0.05, 0) is 44.7 Å². The maximum absolute atomic E-state index is 11.7. The van der Waals surface area contributed by atoms with E-state index in [0.29, 0.717) is 11.7 Å². The third kappa shape index (κ3) is 3.33. The van der Waals surface area contributed by atoms with Crippen LogP contribution in [0.4, 0.5) is 0 Å². The molecule has 7 heteroatoms. The van der Waals surface area contributed by atoms with E-state index < -0.39 is 0 Å². The number of piperidine rings is 1. The second-order valence-electron chi connectivity index (χ2n) is 7.03. The second-order valence-corrected chi connectivity index (χ2v) is 7.03. The van der Waals surface area contributed by atoms with Crippen molar-refractivity contribution in [2.45, 2.75) is 51.1 Å². The average molecular weight is 343 g/mol. The van der Waals surface area contributed by atoms with E-state index in [9.17, 15) is 4.79 Å². The van der Waals surface area contributed by atoms with Gasteiger partial charge in [0, 0.05) is 38.3 Å². The molecule has 25 heavy (non-hydrogen) atoms. The van der Waals surface area contributed by atoms with Crippen LogP contribution < -0.4 is 5.32 Å². The van der Waals surface area contributed by atoms with E-state index in [4.69, 9.17) is 4.52 Å². The van der Waals surface area contributed by atoms with Crippen LogP contribution in [0.3, 0.4) is 0 Å². The molecular weight excluding hydrogens is 318 g/mol. The van der Waals surface area contributed by atoms with Crippen LogP contribution in [-0.4, -0.2) is 45.9 Å². The van der Waals surface area contributed by atoms with Gasteiger partial charge in [0.2, 0.25) is 0 Å². The van der Waals surface area contributed by atoms with Crippen LogP contribution in [0.5, 0.6) is 0 Å². The molecule has 0 spiro atoms. The smallest absolute Gasteiger partial charge is 0.271 e. The van der Waals surface area contributed by atoms with Crippen molar-refractivity contribution in [2.75, 3.05) is 20.1 Å². The van der Waals surface area contributed by atoms with Gasteiger partial charge in [-0.3, -0.25) is 14.4 Å². The molecule has 1 N–H and O–H groups in total. The normalized spacial score (nSPS) is 21.1. The lowest BCUT2D eigenvalue weighted by Crippen LogP contribution is -2.36. The van der Waals surface area contributed by atoms with Crippen molar-refractivity contribution in [3.05, 3.63) is 35.0 Å². The summed E-state index contributed by atoms with van der Waals surface area (Å²) >= 11 is 0. The number of carbonyl (C=O) groups excluding carboxylic acids is 1. The molecule has 3 heterocycles. The van der Waals surface area contributed by atoms with Crippen LogP contribution in [0.2, 0.25) is 0 Å². The van der Waals surface area contributed by atoms with E-state index >= 15 is 0 Å². The number of nitrogens with one attached hydrogen (secondary N) is 1. The highest BCUT2D eigenvalue weighted by Gasteiger charge is 2.26. The van der Waals surface area contributed by atoms with Gasteiger partial charge < -0.3 is 9.84 Å². The van der Waals surface area contributed by atoms with E-state index in [2.05, 4.69) is 20.5 Å². The largest absolute Gasteiger partial charge is 0.361 e. The van der Waals surface area contributed by atoms with Gasteiger partial charge >= 0.3 is 0 Å². The molecule has 0 saturated carbocycles. The number of rotatable bonds is 4. The van der Waals surface area contributed by atoms with E-state index in [-0.39, 0.29) is 5.91 Å². The predicted octanol–water partition coefficient (Wildman–Crippen LogP) is 1.95. The number of aromatic nitrogens is 3. The summed E-state index contributed by atoms with van der Waals surface area (Å²) in [5, 5.41) is 11.4. The molecule has 1 atom stereocenters. The summed E-state index contributed by atoms with van der Waals surface area (Å²) in [6.45, 7) is 2.84. The maximum Gasteiger partial charge on any atom is 0.271 e. The molecule has 0 bridgehead atoms. The zero-order valence-electron chi connectivity index (χ0n) is 14.7. The molecule has 1 aliphatic heterocycles. The first kappa shape index (κ1) is 16.3. The lowest BCUT2D eigenvalue weighted by Gasteiger charge is -2.32. The quantitative estimate of drug-likeness (QED) is 0.918. The van der Waals surface area contributed by atoms with Gasteiger partial charge in [0.05, 0.1) is 6.04 Å². The van der Waals surface area contributed by atoms with Crippen LogP contribution in [0.15, 0.2) is 16.8 Å². The van der Waals surface area contributed by atoms with Gasteiger partial charge in [-0.15, -0.1) is 0 Å². The first-order valence-electron chi connectivity index (χ1n) is 9.20. The van der Waals surface area contributed by atoms with Gasteiger partial charge in [-0.1, -0.05) is 5.16 Å². The van der Waals surface area contributed by atoms with E-state index in [1.807, 2.05) is 10.9 Å². The number of nitrogens with zero attached hydrogens (tertiary/aromatic N) is 4. The van der Waals surface area contributed by atoms with Gasteiger partial charge in [0.1, 0.15) is 17.1 Å². The first-order chi connectivity index (χ1) is 12.2. The number of likely N-dealkylation sites (tertiary alicyclic amines) is 1. The topological polar surface area (TPSA) is 76.2 Å². The fourth-order valence-corrected chi connectivity index (χ4v) is 3.97. The fraction of sp³-hybridized carbons (Fsp3) is 0.611. The predicted molar refractivity (Wildman–Crippen MR) is 92.3 cm³/mol. The molecule has 7 nitrogen and oxygen atoms in total. The monoisotopic (exact) mass is 343 g/mol. The molecule has 2 aromatic heterocycles. The van der Waals surface area contributed by atoms with E-state index in [0.717, 1.165) is 56.8 Å². The zero-order chi connectivity index (χ0) is 17.2. The summed E-state index contributed by atoms with van der Waals surface area (Å²) in [5.41, 5.74) is 2.93. The molecule has 1 amide bonds. The Morgan fingerprint density at radius 1 is 1.36 bits per heavy atom. The van der Waals surface area contributed by atoms with Gasteiger partial charge in [0.15, 0.2) is 0 Å². The van der Waals surface area contributed by atoms with Crippen LogP contribution in [0, 0.1) is 0 Å². The number of carbonyl (C=O) groups is 1. The third-order valence-corrected chi connectivity index (χ3v) is 5.33. The summed E-state index contributed by atoms with van der Waals surface area (Å²) in [4.78, 5) is 14.1. The van der Waals surface area contributed by atoms with Gasteiger partial charge in [-0.2, -0.15) is 5.10 Å². The standard InChI is InChI=1S/C18H25N5O2/c1-19-18(24)15-8-10-23(20-15)13-5-4-9-22(11-13)12-16-14-6-2-3-7-17(14)25-21-16/h8,10,13H,2-7,9,11-12H2,1H3,(H,19,24). The van der Waals surface area contributed by atoms with E-state index in [1.54, 1.807) is 13.1 Å². The number of hydrogen-bond donors (Lipinski definition) is 1. The first-order valence-corrected chi connectivity index (χ1v) is 9.20. The maximum atomic E-state index is 11.7. The Morgan fingerprint density at radius 2 is 2.24 bits per heavy atom. The minimum Gasteiger partial charge on any atom is -0.361 e. The Kier molecular flexibility index (Phi) is 4.57. The van der Waals surface area contributed by atoms with Crippen molar-refractivity contribution in [2.24, 2.45) is 0 Å². The lowest BCUT2D eigenvalue weighted by molar-refractivity contribution is 0.0955. The van der Waals surface area contributed by atoms with Crippen molar-refractivity contribution in [1.82, 2.24) is 25.2 Å². The van der Waals surface area contributed by atoms with Crippen molar-refractivity contribution in [3.63, 3.8) is 0 Å². The zero-order valence-corrected chi connectivity index (χ0v) is 14.7. The highest BCUT2D eigenvalue weighted by molar-refractivity contribution is 5.91.